The SMILES string of the molecule is CCC/C=C(\Cl)Br. The van der Waals surface area contributed by atoms with E-state index in [9.17, 15) is 0 Å². The van der Waals surface area contributed by atoms with Gasteiger partial charge in [-0.3, -0.25) is 0 Å². The second-order valence-corrected chi connectivity index (χ2v) is 3.00. The molecule has 0 aliphatic rings. The molecule has 0 rings (SSSR count). The van der Waals surface area contributed by atoms with Crippen molar-refractivity contribution in [3.63, 3.8) is 0 Å². The van der Waals surface area contributed by atoms with Gasteiger partial charge in [0.25, 0.3) is 0 Å². The minimum absolute atomic E-state index is 0.717. The summed E-state index contributed by atoms with van der Waals surface area (Å²) in [6.07, 6.45) is 4.16. The fourth-order valence-corrected chi connectivity index (χ4v) is 0.591. The van der Waals surface area contributed by atoms with Gasteiger partial charge in [-0.2, -0.15) is 0 Å². The third kappa shape index (κ3) is 6.51. The molecule has 0 aromatic rings. The summed E-state index contributed by atoms with van der Waals surface area (Å²) in [5.74, 6) is 0. The third-order valence-electron chi connectivity index (χ3n) is 0.587. The summed E-state index contributed by atoms with van der Waals surface area (Å²) in [4.78, 5) is 0. The Bertz CT molecular complexity index is 64.5. The standard InChI is InChI=1S/C5H8BrCl/c1-2-3-4-5(6)7/h4H,2-3H2,1H3/b5-4-. The van der Waals surface area contributed by atoms with Gasteiger partial charge in [0.1, 0.15) is 0 Å². The van der Waals surface area contributed by atoms with Gasteiger partial charge in [-0.25, -0.2) is 0 Å². The summed E-state index contributed by atoms with van der Waals surface area (Å²) in [5.41, 5.74) is 0. The third-order valence-corrected chi connectivity index (χ3v) is 1.07. The van der Waals surface area contributed by atoms with E-state index in [4.69, 9.17) is 11.6 Å². The number of hydrogen-bond acceptors (Lipinski definition) is 0. The zero-order valence-electron chi connectivity index (χ0n) is 4.25. The number of unbranched alkanes of at least 4 members (excludes halogenated alkanes) is 1. The highest BCUT2D eigenvalue weighted by atomic mass is 79.9. The van der Waals surface area contributed by atoms with E-state index in [1.165, 1.54) is 0 Å². The molecule has 0 heterocycles. The fourth-order valence-electron chi connectivity index (χ4n) is 0.253. The summed E-state index contributed by atoms with van der Waals surface area (Å²) in [6, 6.07) is 0. The molecule has 2 heteroatoms. The molecule has 0 bridgehead atoms. The maximum Gasteiger partial charge on any atom is 0.0794 e. The summed E-state index contributed by atoms with van der Waals surface area (Å²) in [5, 5.41) is 0. The summed E-state index contributed by atoms with van der Waals surface area (Å²) in [6.45, 7) is 2.11. The van der Waals surface area contributed by atoms with Crippen molar-refractivity contribution in [2.24, 2.45) is 0 Å². The fraction of sp³-hybridized carbons (Fsp3) is 0.600. The van der Waals surface area contributed by atoms with Crippen LogP contribution in [0.25, 0.3) is 0 Å². The summed E-state index contributed by atoms with van der Waals surface area (Å²) in [7, 11) is 0. The zero-order chi connectivity index (χ0) is 5.70. The average molecular weight is 183 g/mol. The molecular formula is C5H8BrCl. The topological polar surface area (TPSA) is 0 Å². The Morgan fingerprint density at radius 1 is 1.86 bits per heavy atom. The molecule has 42 valence electrons. The lowest BCUT2D eigenvalue weighted by molar-refractivity contribution is 0.959. The Morgan fingerprint density at radius 3 is 2.57 bits per heavy atom. The van der Waals surface area contributed by atoms with Crippen molar-refractivity contribution >= 4 is 27.5 Å². The first-order chi connectivity index (χ1) is 3.27. The van der Waals surface area contributed by atoms with Crippen molar-refractivity contribution in [1.82, 2.24) is 0 Å². The van der Waals surface area contributed by atoms with E-state index in [-0.39, 0.29) is 0 Å². The quantitative estimate of drug-likeness (QED) is 0.616. The Labute approximate surface area is 57.7 Å². The van der Waals surface area contributed by atoms with Crippen LogP contribution in [0, 0.1) is 0 Å². The molecule has 0 aliphatic carbocycles. The first kappa shape index (κ1) is 7.51. The maximum absolute atomic E-state index is 5.43. The molecular weight excluding hydrogens is 175 g/mol. The van der Waals surface area contributed by atoms with Crippen LogP contribution in [0.15, 0.2) is 10.0 Å². The molecule has 0 atom stereocenters. The molecule has 0 amide bonds. The predicted octanol–water partition coefficient (Wildman–Crippen LogP) is 3.26. The lowest BCUT2D eigenvalue weighted by atomic mass is 10.3. The molecule has 0 saturated carbocycles. The highest BCUT2D eigenvalue weighted by Gasteiger charge is 1.77. The van der Waals surface area contributed by atoms with E-state index in [1.807, 2.05) is 6.08 Å². The van der Waals surface area contributed by atoms with Crippen molar-refractivity contribution in [3.05, 3.63) is 10.0 Å². The van der Waals surface area contributed by atoms with Crippen LogP contribution in [-0.4, -0.2) is 0 Å². The van der Waals surface area contributed by atoms with Crippen LogP contribution in [0.1, 0.15) is 19.8 Å². The van der Waals surface area contributed by atoms with Gasteiger partial charge in [0.05, 0.1) is 3.94 Å². The highest BCUT2D eigenvalue weighted by Crippen LogP contribution is 2.10. The molecule has 0 N–H and O–H groups in total. The second-order valence-electron chi connectivity index (χ2n) is 1.28. The van der Waals surface area contributed by atoms with Gasteiger partial charge in [0, 0.05) is 0 Å². The predicted molar refractivity (Wildman–Crippen MR) is 37.8 cm³/mol. The minimum Gasteiger partial charge on any atom is -0.0765 e. The van der Waals surface area contributed by atoms with Crippen LogP contribution in [0.3, 0.4) is 0 Å². The van der Waals surface area contributed by atoms with Crippen molar-refractivity contribution in [3.8, 4) is 0 Å². The highest BCUT2D eigenvalue weighted by molar-refractivity contribution is 9.12. The Morgan fingerprint density at radius 2 is 2.43 bits per heavy atom. The molecule has 0 fully saturated rings. The van der Waals surface area contributed by atoms with Crippen molar-refractivity contribution in [2.45, 2.75) is 19.8 Å². The number of allylic oxidation sites excluding steroid dienone is 1. The van der Waals surface area contributed by atoms with E-state index in [0.29, 0.717) is 3.94 Å². The Hall–Kier alpha value is 0.510. The van der Waals surface area contributed by atoms with E-state index < -0.39 is 0 Å². The van der Waals surface area contributed by atoms with Crippen molar-refractivity contribution in [1.29, 1.82) is 0 Å². The lowest BCUT2D eigenvalue weighted by Crippen LogP contribution is -1.58. The number of rotatable bonds is 2. The molecule has 0 aromatic carbocycles. The zero-order valence-corrected chi connectivity index (χ0v) is 6.59. The normalized spacial score (nSPS) is 12.1. The summed E-state index contributed by atoms with van der Waals surface area (Å²) < 4.78 is 0.717. The monoisotopic (exact) mass is 182 g/mol. The van der Waals surface area contributed by atoms with Crippen LogP contribution >= 0.6 is 27.5 Å². The molecule has 0 spiro atoms. The molecule has 0 radical (unpaired) electrons. The Kier molecular flexibility index (Phi) is 5.00. The van der Waals surface area contributed by atoms with Gasteiger partial charge in [-0.1, -0.05) is 31.0 Å². The number of hydrogen-bond donors (Lipinski definition) is 0. The first-order valence-electron chi connectivity index (χ1n) is 2.28. The van der Waals surface area contributed by atoms with Crippen LogP contribution in [0.5, 0.6) is 0 Å². The van der Waals surface area contributed by atoms with Gasteiger partial charge in [0.15, 0.2) is 0 Å². The molecule has 0 aliphatic heterocycles. The van der Waals surface area contributed by atoms with E-state index in [2.05, 4.69) is 22.9 Å². The molecule has 0 aromatic heterocycles. The van der Waals surface area contributed by atoms with Crippen LogP contribution < -0.4 is 0 Å². The van der Waals surface area contributed by atoms with Crippen LogP contribution in [-0.2, 0) is 0 Å². The van der Waals surface area contributed by atoms with Crippen molar-refractivity contribution in [2.75, 3.05) is 0 Å². The van der Waals surface area contributed by atoms with Gasteiger partial charge >= 0.3 is 0 Å². The minimum atomic E-state index is 0.717. The van der Waals surface area contributed by atoms with E-state index in [1.54, 1.807) is 0 Å². The average Bonchev–Trinajstić information content (AvgIpc) is 1.61. The lowest BCUT2D eigenvalue weighted by Gasteiger charge is -1.81. The van der Waals surface area contributed by atoms with Gasteiger partial charge in [-0.05, 0) is 22.4 Å². The summed E-state index contributed by atoms with van der Waals surface area (Å²) >= 11 is 8.54. The van der Waals surface area contributed by atoms with E-state index >= 15 is 0 Å². The second kappa shape index (κ2) is 4.66. The van der Waals surface area contributed by atoms with Gasteiger partial charge in [0.2, 0.25) is 0 Å². The van der Waals surface area contributed by atoms with Crippen molar-refractivity contribution < 1.29 is 0 Å². The van der Waals surface area contributed by atoms with Crippen LogP contribution in [0.4, 0.5) is 0 Å². The molecule has 7 heavy (non-hydrogen) atoms. The first-order valence-corrected chi connectivity index (χ1v) is 3.45. The van der Waals surface area contributed by atoms with E-state index in [0.717, 1.165) is 12.8 Å². The van der Waals surface area contributed by atoms with Crippen LogP contribution in [0.2, 0.25) is 0 Å². The largest absolute Gasteiger partial charge is 0.0794 e. The molecule has 0 nitrogen and oxygen atoms in total. The molecule has 0 saturated heterocycles. The van der Waals surface area contributed by atoms with Gasteiger partial charge < -0.3 is 0 Å². The number of halogens is 2. The maximum atomic E-state index is 5.43. The van der Waals surface area contributed by atoms with Gasteiger partial charge in [-0.15, -0.1) is 0 Å². The smallest absolute Gasteiger partial charge is 0.0765 e. The molecule has 0 unspecified atom stereocenters. The Balaban J connectivity index is 3.08.